The van der Waals surface area contributed by atoms with Gasteiger partial charge in [-0.2, -0.15) is 13.2 Å². The van der Waals surface area contributed by atoms with Crippen LogP contribution < -0.4 is 11.1 Å². The second-order valence-electron chi connectivity index (χ2n) is 6.45. The number of rotatable bonds is 3. The summed E-state index contributed by atoms with van der Waals surface area (Å²) in [4.78, 5) is 25.3. The summed E-state index contributed by atoms with van der Waals surface area (Å²) < 4.78 is 38.5. The van der Waals surface area contributed by atoms with Gasteiger partial charge >= 0.3 is 6.18 Å². The number of hydrogen-bond donors (Lipinski definition) is 2. The van der Waals surface area contributed by atoms with Crippen LogP contribution in [0.25, 0.3) is 0 Å². The van der Waals surface area contributed by atoms with Gasteiger partial charge in [0.05, 0.1) is 11.1 Å². The zero-order valence-electron chi connectivity index (χ0n) is 13.9. The fourth-order valence-corrected chi connectivity index (χ4v) is 4.52. The van der Waals surface area contributed by atoms with E-state index in [0.717, 1.165) is 35.4 Å². The van der Waals surface area contributed by atoms with Gasteiger partial charge in [-0.1, -0.05) is 13.0 Å². The fourth-order valence-electron chi connectivity index (χ4n) is 3.11. The minimum atomic E-state index is -4.53. The van der Waals surface area contributed by atoms with Crippen molar-refractivity contribution in [2.24, 2.45) is 11.7 Å². The molecule has 3 rings (SSSR count). The Labute approximate surface area is 152 Å². The van der Waals surface area contributed by atoms with Crippen molar-refractivity contribution in [2.45, 2.75) is 32.4 Å². The minimum Gasteiger partial charge on any atom is -0.365 e. The van der Waals surface area contributed by atoms with Gasteiger partial charge in [0.1, 0.15) is 5.00 Å². The fraction of sp³-hybridized carbons (Fsp3) is 0.333. The van der Waals surface area contributed by atoms with Crippen molar-refractivity contribution in [3.05, 3.63) is 51.4 Å². The first-order valence-corrected chi connectivity index (χ1v) is 8.91. The number of carbonyl (C=O) groups excluding carboxylic acids is 2. The molecule has 0 radical (unpaired) electrons. The van der Waals surface area contributed by atoms with Crippen molar-refractivity contribution in [3.8, 4) is 0 Å². The third kappa shape index (κ3) is 3.60. The van der Waals surface area contributed by atoms with Crippen LogP contribution in [-0.4, -0.2) is 11.8 Å². The SMILES string of the molecule is CC1CCc2c(sc(NC(=O)c3cccc(C(F)(F)F)c3)c2C(N)=O)C1. The van der Waals surface area contributed by atoms with Crippen LogP contribution in [0.4, 0.5) is 18.2 Å². The molecule has 3 N–H and O–H groups in total. The molecule has 0 saturated carbocycles. The summed E-state index contributed by atoms with van der Waals surface area (Å²) in [6, 6.07) is 4.16. The van der Waals surface area contributed by atoms with Crippen molar-refractivity contribution >= 4 is 28.2 Å². The van der Waals surface area contributed by atoms with Gasteiger partial charge in [0.2, 0.25) is 0 Å². The molecule has 2 aromatic rings. The maximum absolute atomic E-state index is 12.8. The number of primary amides is 1. The highest BCUT2D eigenvalue weighted by atomic mass is 32.1. The predicted octanol–water partition coefficient (Wildman–Crippen LogP) is 4.24. The van der Waals surface area contributed by atoms with E-state index in [0.29, 0.717) is 17.3 Å². The summed E-state index contributed by atoms with van der Waals surface area (Å²) in [7, 11) is 0. The molecule has 1 aromatic carbocycles. The van der Waals surface area contributed by atoms with Gasteiger partial charge in [-0.25, -0.2) is 0 Å². The maximum Gasteiger partial charge on any atom is 0.416 e. The van der Waals surface area contributed by atoms with E-state index in [9.17, 15) is 22.8 Å². The molecule has 4 nitrogen and oxygen atoms in total. The summed E-state index contributed by atoms with van der Waals surface area (Å²) in [6.45, 7) is 2.10. The van der Waals surface area contributed by atoms with Crippen molar-refractivity contribution in [2.75, 3.05) is 5.32 Å². The summed E-state index contributed by atoms with van der Waals surface area (Å²) in [5, 5.41) is 2.87. The Hall–Kier alpha value is -2.35. The zero-order chi connectivity index (χ0) is 19.1. The highest BCUT2D eigenvalue weighted by molar-refractivity contribution is 7.17. The van der Waals surface area contributed by atoms with Crippen LogP contribution in [0.15, 0.2) is 24.3 Å². The van der Waals surface area contributed by atoms with E-state index >= 15 is 0 Å². The lowest BCUT2D eigenvalue weighted by molar-refractivity contribution is -0.137. The number of halogens is 3. The molecule has 0 aliphatic heterocycles. The Balaban J connectivity index is 1.92. The first-order valence-electron chi connectivity index (χ1n) is 8.09. The molecule has 1 atom stereocenters. The van der Waals surface area contributed by atoms with Crippen molar-refractivity contribution in [1.29, 1.82) is 0 Å². The van der Waals surface area contributed by atoms with Crippen molar-refractivity contribution < 1.29 is 22.8 Å². The number of alkyl halides is 3. The Kier molecular flexibility index (Phi) is 4.79. The topological polar surface area (TPSA) is 72.2 Å². The monoisotopic (exact) mass is 382 g/mol. The molecular formula is C18H17F3N2O2S. The van der Waals surface area contributed by atoms with Crippen molar-refractivity contribution in [3.63, 3.8) is 0 Å². The van der Waals surface area contributed by atoms with E-state index in [1.165, 1.54) is 23.5 Å². The van der Waals surface area contributed by atoms with Crippen LogP contribution in [0.1, 0.15) is 50.1 Å². The Morgan fingerprint density at radius 2 is 2.04 bits per heavy atom. The molecule has 2 amide bonds. The molecule has 1 aliphatic carbocycles. The van der Waals surface area contributed by atoms with Gasteiger partial charge < -0.3 is 11.1 Å². The molecular weight excluding hydrogens is 365 g/mol. The van der Waals surface area contributed by atoms with E-state index in [2.05, 4.69) is 12.2 Å². The highest BCUT2D eigenvalue weighted by Gasteiger charge is 2.31. The van der Waals surface area contributed by atoms with Crippen LogP contribution in [0, 0.1) is 5.92 Å². The second-order valence-corrected chi connectivity index (χ2v) is 7.56. The largest absolute Gasteiger partial charge is 0.416 e. The number of thiophene rings is 1. The molecule has 26 heavy (non-hydrogen) atoms. The predicted molar refractivity (Wildman–Crippen MR) is 93.4 cm³/mol. The molecule has 1 aliphatic rings. The number of nitrogens with two attached hydrogens (primary N) is 1. The summed E-state index contributed by atoms with van der Waals surface area (Å²) in [5.74, 6) is -0.879. The van der Waals surface area contributed by atoms with Gasteiger partial charge in [-0.15, -0.1) is 11.3 Å². The normalized spacial score (nSPS) is 16.8. The second kappa shape index (κ2) is 6.75. The highest BCUT2D eigenvalue weighted by Crippen LogP contribution is 2.39. The summed E-state index contributed by atoms with van der Waals surface area (Å²) in [6.07, 6.45) is -2.12. The van der Waals surface area contributed by atoms with Gasteiger partial charge in [0.25, 0.3) is 11.8 Å². The number of amides is 2. The first-order chi connectivity index (χ1) is 12.2. The Morgan fingerprint density at radius 3 is 2.69 bits per heavy atom. The van der Waals surface area contributed by atoms with E-state index in [-0.39, 0.29) is 11.1 Å². The smallest absolute Gasteiger partial charge is 0.365 e. The molecule has 1 heterocycles. The molecule has 1 unspecified atom stereocenters. The molecule has 0 bridgehead atoms. The number of benzene rings is 1. The number of carbonyl (C=O) groups is 2. The minimum absolute atomic E-state index is 0.130. The Bertz CT molecular complexity index is 874. The van der Waals surface area contributed by atoms with Gasteiger partial charge in [-0.3, -0.25) is 9.59 Å². The molecule has 0 spiro atoms. The lowest BCUT2D eigenvalue weighted by Crippen LogP contribution is -2.19. The van der Waals surface area contributed by atoms with Crippen LogP contribution in [-0.2, 0) is 19.0 Å². The van der Waals surface area contributed by atoms with Crippen LogP contribution in [0.3, 0.4) is 0 Å². The van der Waals surface area contributed by atoms with Gasteiger partial charge in [-0.05, 0) is 48.9 Å². The summed E-state index contributed by atoms with van der Waals surface area (Å²) >= 11 is 1.27. The molecule has 0 fully saturated rings. The number of anilines is 1. The third-order valence-corrected chi connectivity index (χ3v) is 5.61. The number of fused-ring (bicyclic) bond motifs is 1. The molecule has 0 saturated heterocycles. The molecule has 138 valence electrons. The third-order valence-electron chi connectivity index (χ3n) is 4.44. The number of hydrogen-bond acceptors (Lipinski definition) is 3. The molecule has 1 aromatic heterocycles. The molecule has 8 heteroatoms. The quantitative estimate of drug-likeness (QED) is 0.833. The maximum atomic E-state index is 12.8. The van der Waals surface area contributed by atoms with Gasteiger partial charge in [0, 0.05) is 10.4 Å². The average molecular weight is 382 g/mol. The lowest BCUT2D eigenvalue weighted by Gasteiger charge is -2.18. The van der Waals surface area contributed by atoms with E-state index in [1.54, 1.807) is 0 Å². The first kappa shape index (κ1) is 18.4. The van der Waals surface area contributed by atoms with Crippen LogP contribution in [0.2, 0.25) is 0 Å². The van der Waals surface area contributed by atoms with E-state index in [1.807, 2.05) is 0 Å². The van der Waals surface area contributed by atoms with Crippen molar-refractivity contribution in [1.82, 2.24) is 0 Å². The van der Waals surface area contributed by atoms with E-state index in [4.69, 9.17) is 5.73 Å². The zero-order valence-corrected chi connectivity index (χ0v) is 14.8. The van der Waals surface area contributed by atoms with E-state index < -0.39 is 23.6 Å². The lowest BCUT2D eigenvalue weighted by atomic mass is 9.88. The van der Waals surface area contributed by atoms with Gasteiger partial charge in [0.15, 0.2) is 0 Å². The summed E-state index contributed by atoms with van der Waals surface area (Å²) in [5.41, 5.74) is 5.57. The van der Waals surface area contributed by atoms with Crippen LogP contribution in [0.5, 0.6) is 0 Å². The standard InChI is InChI=1S/C18H17F3N2O2S/c1-9-5-6-12-13(7-9)26-17(14(12)15(22)24)23-16(25)10-3-2-4-11(8-10)18(19,20)21/h2-4,8-9H,5-7H2,1H3,(H2,22,24)(H,23,25). The Morgan fingerprint density at radius 1 is 1.31 bits per heavy atom. The van der Waals surface area contributed by atoms with Crippen LogP contribution >= 0.6 is 11.3 Å². The average Bonchev–Trinajstić information content (AvgIpc) is 2.91. The number of nitrogens with one attached hydrogen (secondary N) is 1.